The third kappa shape index (κ3) is 3.40. The molecule has 2 atom stereocenters. The van der Waals surface area contributed by atoms with Crippen molar-refractivity contribution in [2.45, 2.75) is 39.2 Å². The van der Waals surface area contributed by atoms with Gasteiger partial charge in [0.05, 0.1) is 6.10 Å². The van der Waals surface area contributed by atoms with Crippen molar-refractivity contribution in [2.24, 2.45) is 5.92 Å². The van der Waals surface area contributed by atoms with Gasteiger partial charge in [0.25, 0.3) is 10.2 Å². The molecule has 0 spiro atoms. The summed E-state index contributed by atoms with van der Waals surface area (Å²) in [6.45, 7) is 5.05. The van der Waals surface area contributed by atoms with E-state index < -0.39 is 10.2 Å². The molecule has 1 saturated carbocycles. The van der Waals surface area contributed by atoms with E-state index in [2.05, 4.69) is 0 Å². The molecule has 5 nitrogen and oxygen atoms in total. The Bertz CT molecular complexity index is 328. The summed E-state index contributed by atoms with van der Waals surface area (Å²) in [7, 11) is -1.76. The maximum absolute atomic E-state index is 12.2. The lowest BCUT2D eigenvalue weighted by Gasteiger charge is -2.28. The highest BCUT2D eigenvalue weighted by molar-refractivity contribution is 7.86. The van der Waals surface area contributed by atoms with Crippen molar-refractivity contribution in [2.75, 3.05) is 26.7 Å². The summed E-state index contributed by atoms with van der Waals surface area (Å²) in [5, 5.41) is 9.72. The van der Waals surface area contributed by atoms with Gasteiger partial charge >= 0.3 is 0 Å². The van der Waals surface area contributed by atoms with Crippen molar-refractivity contribution >= 4 is 10.2 Å². The molecular weight excluding hydrogens is 240 g/mol. The van der Waals surface area contributed by atoms with E-state index in [4.69, 9.17) is 0 Å². The van der Waals surface area contributed by atoms with E-state index >= 15 is 0 Å². The van der Waals surface area contributed by atoms with Crippen molar-refractivity contribution in [3.8, 4) is 0 Å². The molecule has 0 heterocycles. The van der Waals surface area contributed by atoms with E-state index in [9.17, 15) is 13.5 Å². The molecule has 0 aromatic carbocycles. The zero-order valence-electron chi connectivity index (χ0n) is 11.0. The lowest BCUT2D eigenvalue weighted by atomic mass is 10.1. The van der Waals surface area contributed by atoms with Gasteiger partial charge in [0.2, 0.25) is 0 Å². The summed E-state index contributed by atoms with van der Waals surface area (Å²) < 4.78 is 27.1. The Morgan fingerprint density at radius 1 is 1.24 bits per heavy atom. The summed E-state index contributed by atoms with van der Waals surface area (Å²) in [5.74, 6) is 0.0883. The minimum absolute atomic E-state index is 0.0883. The molecule has 0 amide bonds. The zero-order chi connectivity index (χ0) is 13.1. The van der Waals surface area contributed by atoms with Gasteiger partial charge in [0, 0.05) is 26.7 Å². The second kappa shape index (κ2) is 6.13. The van der Waals surface area contributed by atoms with Crippen molar-refractivity contribution < 1.29 is 13.5 Å². The molecule has 17 heavy (non-hydrogen) atoms. The molecule has 0 aliphatic heterocycles. The highest BCUT2D eigenvalue weighted by atomic mass is 32.2. The van der Waals surface area contributed by atoms with Crippen LogP contribution in [-0.2, 0) is 10.2 Å². The number of hydrogen-bond donors (Lipinski definition) is 1. The Hall–Kier alpha value is -0.170. The molecule has 6 heteroatoms. The average Bonchev–Trinajstić information content (AvgIpc) is 2.65. The van der Waals surface area contributed by atoms with Crippen LogP contribution >= 0.6 is 0 Å². The Morgan fingerprint density at radius 3 is 2.24 bits per heavy atom. The minimum Gasteiger partial charge on any atom is -0.393 e. The zero-order valence-corrected chi connectivity index (χ0v) is 11.8. The van der Waals surface area contributed by atoms with Crippen molar-refractivity contribution in [3.63, 3.8) is 0 Å². The maximum atomic E-state index is 12.2. The summed E-state index contributed by atoms with van der Waals surface area (Å²) in [4.78, 5) is 0. The largest absolute Gasteiger partial charge is 0.393 e. The number of rotatable bonds is 6. The average molecular weight is 264 g/mol. The fourth-order valence-corrected chi connectivity index (χ4v) is 3.83. The van der Waals surface area contributed by atoms with Crippen LogP contribution in [0.4, 0.5) is 0 Å². The summed E-state index contributed by atoms with van der Waals surface area (Å²) in [6, 6.07) is 0. The molecule has 0 saturated heterocycles. The number of hydrogen-bond acceptors (Lipinski definition) is 3. The van der Waals surface area contributed by atoms with Crippen molar-refractivity contribution in [3.05, 3.63) is 0 Å². The van der Waals surface area contributed by atoms with Crippen LogP contribution in [0.2, 0.25) is 0 Å². The SMILES string of the molecule is CCN(CC)S(=O)(=O)N(C)CC1CCCC1O. The molecule has 0 radical (unpaired) electrons. The van der Waals surface area contributed by atoms with Gasteiger partial charge in [-0.25, -0.2) is 0 Å². The van der Waals surface area contributed by atoms with Crippen LogP contribution in [0.1, 0.15) is 33.1 Å². The topological polar surface area (TPSA) is 60.9 Å². The van der Waals surface area contributed by atoms with E-state index in [1.165, 1.54) is 8.61 Å². The van der Waals surface area contributed by atoms with E-state index in [1.807, 2.05) is 13.8 Å². The Morgan fingerprint density at radius 2 is 1.82 bits per heavy atom. The summed E-state index contributed by atoms with van der Waals surface area (Å²) in [5.41, 5.74) is 0. The molecule has 1 aliphatic carbocycles. The molecule has 0 aromatic rings. The van der Waals surface area contributed by atoms with Gasteiger partial charge in [0.1, 0.15) is 0 Å². The Balaban J connectivity index is 2.65. The van der Waals surface area contributed by atoms with Gasteiger partial charge in [0.15, 0.2) is 0 Å². The predicted octanol–water partition coefficient (Wildman–Crippen LogP) is 0.666. The Kier molecular flexibility index (Phi) is 5.37. The highest BCUT2D eigenvalue weighted by Crippen LogP contribution is 2.26. The lowest BCUT2D eigenvalue weighted by molar-refractivity contribution is 0.122. The van der Waals surface area contributed by atoms with E-state index in [-0.39, 0.29) is 12.0 Å². The fourth-order valence-electron chi connectivity index (χ4n) is 2.40. The van der Waals surface area contributed by atoms with Gasteiger partial charge in [-0.15, -0.1) is 0 Å². The molecule has 1 aliphatic rings. The first-order valence-electron chi connectivity index (χ1n) is 6.32. The van der Waals surface area contributed by atoms with Gasteiger partial charge < -0.3 is 5.11 Å². The predicted molar refractivity (Wildman–Crippen MR) is 67.8 cm³/mol. The smallest absolute Gasteiger partial charge is 0.281 e. The van der Waals surface area contributed by atoms with Crippen LogP contribution in [0, 0.1) is 5.92 Å². The number of nitrogens with zero attached hydrogens (tertiary/aromatic N) is 2. The summed E-state index contributed by atoms with van der Waals surface area (Å²) in [6.07, 6.45) is 2.36. The first-order chi connectivity index (χ1) is 7.93. The van der Waals surface area contributed by atoms with Crippen LogP contribution in [0.5, 0.6) is 0 Å². The molecule has 1 rings (SSSR count). The molecular formula is C11H24N2O3S. The lowest BCUT2D eigenvalue weighted by Crippen LogP contribution is -2.44. The quantitative estimate of drug-likeness (QED) is 0.767. The molecule has 102 valence electrons. The van der Waals surface area contributed by atoms with Gasteiger partial charge in [-0.1, -0.05) is 20.3 Å². The highest BCUT2D eigenvalue weighted by Gasteiger charge is 2.31. The van der Waals surface area contributed by atoms with Crippen LogP contribution in [0.3, 0.4) is 0 Å². The second-order valence-corrected chi connectivity index (χ2v) is 6.67. The van der Waals surface area contributed by atoms with E-state index in [1.54, 1.807) is 7.05 Å². The number of aliphatic hydroxyl groups excluding tert-OH is 1. The molecule has 1 N–H and O–H groups in total. The van der Waals surface area contributed by atoms with Gasteiger partial charge in [-0.3, -0.25) is 0 Å². The van der Waals surface area contributed by atoms with Crippen molar-refractivity contribution in [1.29, 1.82) is 0 Å². The first-order valence-corrected chi connectivity index (χ1v) is 7.72. The standard InChI is InChI=1S/C11H24N2O3S/c1-4-13(5-2)17(15,16)12(3)9-10-7-6-8-11(10)14/h10-11,14H,4-9H2,1-3H3. The first kappa shape index (κ1) is 14.9. The van der Waals surface area contributed by atoms with Crippen LogP contribution in [0.15, 0.2) is 0 Å². The van der Waals surface area contributed by atoms with E-state index in [0.29, 0.717) is 19.6 Å². The van der Waals surface area contributed by atoms with Gasteiger partial charge in [-0.05, 0) is 18.8 Å². The molecule has 1 fully saturated rings. The molecule has 0 bridgehead atoms. The molecule has 2 unspecified atom stereocenters. The third-order valence-electron chi connectivity index (χ3n) is 3.54. The fraction of sp³-hybridized carbons (Fsp3) is 1.00. The second-order valence-electron chi connectivity index (χ2n) is 4.63. The molecule has 0 aromatic heterocycles. The van der Waals surface area contributed by atoms with Crippen LogP contribution in [0.25, 0.3) is 0 Å². The number of aliphatic hydroxyl groups is 1. The Labute approximate surface area is 105 Å². The van der Waals surface area contributed by atoms with E-state index in [0.717, 1.165) is 19.3 Å². The van der Waals surface area contributed by atoms with Crippen LogP contribution in [-0.4, -0.2) is 54.9 Å². The monoisotopic (exact) mass is 264 g/mol. The van der Waals surface area contributed by atoms with Crippen molar-refractivity contribution in [1.82, 2.24) is 8.61 Å². The summed E-state index contributed by atoms with van der Waals surface area (Å²) >= 11 is 0. The van der Waals surface area contributed by atoms with Crippen LogP contribution < -0.4 is 0 Å². The van der Waals surface area contributed by atoms with Gasteiger partial charge in [-0.2, -0.15) is 17.0 Å². The third-order valence-corrected chi connectivity index (χ3v) is 5.64. The maximum Gasteiger partial charge on any atom is 0.281 e. The minimum atomic E-state index is -3.36. The normalized spacial score (nSPS) is 26.0.